The van der Waals surface area contributed by atoms with Crippen LogP contribution in [-0.2, 0) is 12.1 Å². The first-order chi connectivity index (χ1) is 12.8. The molecule has 0 amide bonds. The van der Waals surface area contributed by atoms with Gasteiger partial charge in [0.2, 0.25) is 5.92 Å². The van der Waals surface area contributed by atoms with E-state index in [-0.39, 0.29) is 25.0 Å². The Labute approximate surface area is 163 Å². The number of β-amino-alcohol motifs (C(OH)–C–C–N with tert-alkyl or cyclic N) is 1. The van der Waals surface area contributed by atoms with Crippen molar-refractivity contribution in [2.24, 2.45) is 0 Å². The number of hydrogen-bond acceptors (Lipinski definition) is 6. The van der Waals surface area contributed by atoms with Crippen molar-refractivity contribution >= 4 is 11.3 Å². The van der Waals surface area contributed by atoms with Gasteiger partial charge in [-0.15, -0.1) is 11.3 Å². The highest BCUT2D eigenvalue weighted by Gasteiger charge is 2.41. The zero-order valence-electron chi connectivity index (χ0n) is 15.6. The number of halogens is 2. The summed E-state index contributed by atoms with van der Waals surface area (Å²) in [5.74, 6) is -2.49. The van der Waals surface area contributed by atoms with Crippen LogP contribution in [0.15, 0.2) is 5.38 Å². The molecule has 1 atom stereocenters. The number of aliphatic hydroxyl groups excluding tert-OH is 1. The monoisotopic (exact) mass is 401 g/mol. The van der Waals surface area contributed by atoms with E-state index in [0.29, 0.717) is 32.2 Å². The van der Waals surface area contributed by atoms with Crippen LogP contribution in [-0.4, -0.2) is 69.2 Å². The van der Waals surface area contributed by atoms with Gasteiger partial charge >= 0.3 is 0 Å². The van der Waals surface area contributed by atoms with Gasteiger partial charge in [-0.2, -0.15) is 0 Å². The van der Waals surface area contributed by atoms with E-state index < -0.39 is 11.5 Å². The van der Waals surface area contributed by atoms with E-state index in [4.69, 9.17) is 0 Å². The summed E-state index contributed by atoms with van der Waals surface area (Å²) in [5, 5.41) is 23.7. The summed E-state index contributed by atoms with van der Waals surface area (Å²) in [4.78, 5) is 9.15. The number of nitrogens with zero attached hydrogens (tertiary/aromatic N) is 3. The van der Waals surface area contributed by atoms with Crippen molar-refractivity contribution < 1.29 is 19.0 Å². The number of piperidine rings is 1. The fraction of sp³-hybridized carbons (Fsp3) is 0.842. The smallest absolute Gasteiger partial charge is 0.248 e. The van der Waals surface area contributed by atoms with Crippen LogP contribution < -0.4 is 0 Å². The number of thiazole rings is 1. The van der Waals surface area contributed by atoms with Crippen molar-refractivity contribution in [3.63, 3.8) is 0 Å². The molecule has 3 aliphatic rings. The maximum Gasteiger partial charge on any atom is 0.248 e. The Morgan fingerprint density at radius 1 is 1.11 bits per heavy atom. The van der Waals surface area contributed by atoms with Crippen LogP contribution in [0.1, 0.15) is 55.6 Å². The molecule has 5 nitrogen and oxygen atoms in total. The average Bonchev–Trinajstić information content (AvgIpc) is 3.26. The fourth-order valence-corrected chi connectivity index (χ4v) is 5.58. The molecule has 0 bridgehead atoms. The van der Waals surface area contributed by atoms with Crippen LogP contribution in [0.25, 0.3) is 0 Å². The first kappa shape index (κ1) is 19.6. The van der Waals surface area contributed by atoms with Crippen molar-refractivity contribution in [3.8, 4) is 0 Å². The lowest BCUT2D eigenvalue weighted by Crippen LogP contribution is -2.49. The second-order valence-electron chi connectivity index (χ2n) is 8.46. The summed E-state index contributed by atoms with van der Waals surface area (Å²) in [6, 6.07) is 0.224. The van der Waals surface area contributed by atoms with Gasteiger partial charge in [-0.25, -0.2) is 13.8 Å². The summed E-state index contributed by atoms with van der Waals surface area (Å²) in [6.07, 6.45) is 2.85. The van der Waals surface area contributed by atoms with Crippen LogP contribution in [0, 0.1) is 0 Å². The molecule has 152 valence electrons. The molecule has 1 saturated carbocycles. The third kappa shape index (κ3) is 4.50. The second kappa shape index (κ2) is 7.63. The molecule has 3 fully saturated rings. The Bertz CT molecular complexity index is 639. The maximum atomic E-state index is 13.4. The van der Waals surface area contributed by atoms with Gasteiger partial charge in [0, 0.05) is 50.4 Å². The highest BCUT2D eigenvalue weighted by atomic mass is 32.1. The summed E-state index contributed by atoms with van der Waals surface area (Å²) < 4.78 is 26.8. The first-order valence-electron chi connectivity index (χ1n) is 10.0. The van der Waals surface area contributed by atoms with Gasteiger partial charge in [0.1, 0.15) is 10.6 Å². The van der Waals surface area contributed by atoms with Crippen LogP contribution >= 0.6 is 11.3 Å². The summed E-state index contributed by atoms with van der Waals surface area (Å²) >= 11 is 1.57. The van der Waals surface area contributed by atoms with Crippen molar-refractivity contribution in [2.45, 2.75) is 75.2 Å². The van der Waals surface area contributed by atoms with Crippen molar-refractivity contribution in [3.05, 3.63) is 16.1 Å². The molecule has 0 radical (unpaired) electrons. The first-order valence-corrected chi connectivity index (χ1v) is 10.9. The molecular formula is C19H29F2N3O2S. The number of aliphatic hydroxyl groups is 2. The van der Waals surface area contributed by atoms with Gasteiger partial charge in [0.25, 0.3) is 0 Å². The van der Waals surface area contributed by atoms with Gasteiger partial charge < -0.3 is 15.1 Å². The SMILES string of the molecule is OC1CCN(Cc2nc(C3(O)CCN(C4CCC(F)(F)CC4)CC3)cs2)C1. The van der Waals surface area contributed by atoms with E-state index in [9.17, 15) is 19.0 Å². The molecule has 2 N–H and O–H groups in total. The predicted molar refractivity (Wildman–Crippen MR) is 99.9 cm³/mol. The van der Waals surface area contributed by atoms with Gasteiger partial charge in [-0.1, -0.05) is 0 Å². The normalized spacial score (nSPS) is 30.0. The molecule has 0 aromatic carbocycles. The molecule has 4 rings (SSSR count). The van der Waals surface area contributed by atoms with Crippen LogP contribution in [0.5, 0.6) is 0 Å². The molecule has 3 heterocycles. The molecule has 0 spiro atoms. The summed E-state index contributed by atoms with van der Waals surface area (Å²) in [6.45, 7) is 3.76. The fourth-order valence-electron chi connectivity index (χ4n) is 4.65. The minimum Gasteiger partial charge on any atom is -0.392 e. The Hall–Kier alpha value is -0.670. The summed E-state index contributed by atoms with van der Waals surface area (Å²) in [7, 11) is 0. The zero-order chi connectivity index (χ0) is 19.1. The van der Waals surface area contributed by atoms with Gasteiger partial charge in [0.15, 0.2) is 0 Å². The third-order valence-electron chi connectivity index (χ3n) is 6.46. The van der Waals surface area contributed by atoms with Gasteiger partial charge in [0.05, 0.1) is 18.3 Å². The number of likely N-dealkylation sites (tertiary alicyclic amines) is 2. The lowest BCUT2D eigenvalue weighted by atomic mass is 9.85. The van der Waals surface area contributed by atoms with Crippen LogP contribution in [0.2, 0.25) is 0 Å². The van der Waals surface area contributed by atoms with E-state index in [1.165, 1.54) is 0 Å². The minimum atomic E-state index is -2.49. The standard InChI is InChI=1S/C19H29F2N3O2S/c20-19(21)4-1-14(2-5-19)24-9-6-18(26,7-10-24)16-13-27-17(22-16)12-23-8-3-15(25)11-23/h13-15,25-26H,1-12H2. The number of rotatable bonds is 4. The highest BCUT2D eigenvalue weighted by molar-refractivity contribution is 7.09. The van der Waals surface area contributed by atoms with E-state index in [0.717, 1.165) is 43.3 Å². The topological polar surface area (TPSA) is 59.8 Å². The quantitative estimate of drug-likeness (QED) is 0.812. The third-order valence-corrected chi connectivity index (χ3v) is 7.30. The van der Waals surface area contributed by atoms with Crippen LogP contribution in [0.4, 0.5) is 8.78 Å². The number of alkyl halides is 2. The Morgan fingerprint density at radius 2 is 1.81 bits per heavy atom. The predicted octanol–water partition coefficient (Wildman–Crippen LogP) is 2.57. The zero-order valence-corrected chi connectivity index (χ0v) is 16.4. The molecule has 1 aromatic rings. The van der Waals surface area contributed by atoms with E-state index in [1.807, 2.05) is 5.38 Å². The Kier molecular flexibility index (Phi) is 5.55. The number of aromatic nitrogens is 1. The van der Waals surface area contributed by atoms with E-state index >= 15 is 0 Å². The molecule has 27 heavy (non-hydrogen) atoms. The second-order valence-corrected chi connectivity index (χ2v) is 9.40. The maximum absolute atomic E-state index is 13.4. The summed E-state index contributed by atoms with van der Waals surface area (Å²) in [5.41, 5.74) is -0.161. The molecule has 2 aliphatic heterocycles. The Morgan fingerprint density at radius 3 is 2.44 bits per heavy atom. The van der Waals surface area contributed by atoms with Crippen molar-refractivity contribution in [1.82, 2.24) is 14.8 Å². The molecule has 8 heteroatoms. The average molecular weight is 402 g/mol. The van der Waals surface area contributed by atoms with Crippen molar-refractivity contribution in [1.29, 1.82) is 0 Å². The van der Waals surface area contributed by atoms with Crippen molar-refractivity contribution in [2.75, 3.05) is 26.2 Å². The molecule has 2 saturated heterocycles. The minimum absolute atomic E-state index is 0.0148. The van der Waals surface area contributed by atoms with Gasteiger partial charge in [-0.05, 0) is 32.1 Å². The Balaban J connectivity index is 1.31. The lowest BCUT2D eigenvalue weighted by Gasteiger charge is -2.43. The van der Waals surface area contributed by atoms with E-state index in [1.54, 1.807) is 11.3 Å². The molecule has 1 aromatic heterocycles. The van der Waals surface area contributed by atoms with E-state index in [2.05, 4.69) is 14.8 Å². The molecule has 1 unspecified atom stereocenters. The molecular weight excluding hydrogens is 372 g/mol. The highest BCUT2D eigenvalue weighted by Crippen LogP contribution is 2.39. The number of hydrogen-bond donors (Lipinski definition) is 2. The molecule has 1 aliphatic carbocycles. The largest absolute Gasteiger partial charge is 0.392 e. The van der Waals surface area contributed by atoms with Gasteiger partial charge in [-0.3, -0.25) is 4.90 Å². The van der Waals surface area contributed by atoms with Crippen LogP contribution in [0.3, 0.4) is 0 Å². The lowest BCUT2D eigenvalue weighted by molar-refractivity contribution is -0.0751.